The Labute approximate surface area is 90.9 Å². The summed E-state index contributed by atoms with van der Waals surface area (Å²) >= 11 is 0. The van der Waals surface area contributed by atoms with Crippen LogP contribution in [0.3, 0.4) is 0 Å². The molecule has 15 heavy (non-hydrogen) atoms. The molecule has 2 rings (SSSR count). The Bertz CT molecular complexity index is 486. The smallest absolute Gasteiger partial charge is 0.0396 e. The van der Waals surface area contributed by atoms with Crippen LogP contribution in [0.1, 0.15) is 24.5 Å². The van der Waals surface area contributed by atoms with Gasteiger partial charge in [-0.25, -0.2) is 0 Å². The topological polar surface area (TPSA) is 26.0 Å². The predicted molar refractivity (Wildman–Crippen MR) is 67.1 cm³/mol. The van der Waals surface area contributed by atoms with Crippen molar-refractivity contribution >= 4 is 16.5 Å². The van der Waals surface area contributed by atoms with Gasteiger partial charge in [-0.3, -0.25) is 0 Å². The second-order valence-electron chi connectivity index (χ2n) is 4.06. The molecule has 1 heteroatoms. The van der Waals surface area contributed by atoms with Gasteiger partial charge >= 0.3 is 0 Å². The number of nitrogen functional groups attached to an aromatic ring is 1. The van der Waals surface area contributed by atoms with Crippen molar-refractivity contribution in [3.63, 3.8) is 0 Å². The molecule has 0 bridgehead atoms. The first-order valence-electron chi connectivity index (χ1n) is 5.50. The van der Waals surface area contributed by atoms with E-state index in [2.05, 4.69) is 38.1 Å². The minimum atomic E-state index is 0.892. The molecule has 0 spiro atoms. The number of hydrogen-bond acceptors (Lipinski definition) is 1. The van der Waals surface area contributed by atoms with Crippen molar-refractivity contribution in [1.29, 1.82) is 0 Å². The van der Waals surface area contributed by atoms with Crippen LogP contribution >= 0.6 is 0 Å². The Kier molecular flexibility index (Phi) is 2.63. The van der Waals surface area contributed by atoms with Crippen molar-refractivity contribution in [2.75, 3.05) is 5.73 Å². The summed E-state index contributed by atoms with van der Waals surface area (Å²) < 4.78 is 0. The van der Waals surface area contributed by atoms with E-state index in [9.17, 15) is 0 Å². The van der Waals surface area contributed by atoms with E-state index in [1.807, 2.05) is 6.07 Å². The predicted octanol–water partition coefficient (Wildman–Crippen LogP) is 3.68. The molecule has 78 valence electrons. The van der Waals surface area contributed by atoms with Crippen molar-refractivity contribution < 1.29 is 0 Å². The Morgan fingerprint density at radius 1 is 1.13 bits per heavy atom. The monoisotopic (exact) mass is 199 g/mol. The molecule has 0 aliphatic rings. The summed E-state index contributed by atoms with van der Waals surface area (Å²) in [6.45, 7) is 4.36. The van der Waals surface area contributed by atoms with Gasteiger partial charge < -0.3 is 5.73 Å². The van der Waals surface area contributed by atoms with E-state index in [0.29, 0.717) is 0 Å². The maximum absolute atomic E-state index is 6.02. The molecule has 0 heterocycles. The fourth-order valence-corrected chi connectivity index (χ4v) is 2.19. The van der Waals surface area contributed by atoms with Gasteiger partial charge in [0.05, 0.1) is 0 Å². The first kappa shape index (κ1) is 10.0. The molecule has 0 saturated carbocycles. The second kappa shape index (κ2) is 3.93. The molecule has 2 aromatic rings. The third-order valence-corrected chi connectivity index (χ3v) is 2.91. The van der Waals surface area contributed by atoms with Crippen LogP contribution in [0.2, 0.25) is 0 Å². The van der Waals surface area contributed by atoms with Gasteiger partial charge in [0, 0.05) is 11.1 Å². The van der Waals surface area contributed by atoms with Gasteiger partial charge in [0.1, 0.15) is 0 Å². The third kappa shape index (κ3) is 1.70. The van der Waals surface area contributed by atoms with Crippen LogP contribution in [0.4, 0.5) is 5.69 Å². The molecule has 0 aromatic heterocycles. The fourth-order valence-electron chi connectivity index (χ4n) is 2.19. The van der Waals surface area contributed by atoms with Crippen LogP contribution in [-0.4, -0.2) is 0 Å². The van der Waals surface area contributed by atoms with Gasteiger partial charge in [-0.1, -0.05) is 37.6 Å². The van der Waals surface area contributed by atoms with Crippen molar-refractivity contribution in [1.82, 2.24) is 0 Å². The van der Waals surface area contributed by atoms with Gasteiger partial charge in [0.2, 0.25) is 0 Å². The number of fused-ring (bicyclic) bond motifs is 1. The van der Waals surface area contributed by atoms with E-state index in [-0.39, 0.29) is 0 Å². The summed E-state index contributed by atoms with van der Waals surface area (Å²) in [7, 11) is 0. The summed E-state index contributed by atoms with van der Waals surface area (Å²) in [6, 6.07) is 10.5. The molecular formula is C14H17N. The zero-order valence-electron chi connectivity index (χ0n) is 9.38. The molecule has 0 radical (unpaired) electrons. The number of benzene rings is 2. The molecule has 1 nitrogen and oxygen atoms in total. The third-order valence-electron chi connectivity index (χ3n) is 2.91. The minimum absolute atomic E-state index is 0.892. The molecular weight excluding hydrogens is 182 g/mol. The lowest BCUT2D eigenvalue weighted by atomic mass is 9.95. The van der Waals surface area contributed by atoms with Crippen LogP contribution in [0.25, 0.3) is 10.8 Å². The number of rotatable bonds is 2. The summed E-state index contributed by atoms with van der Waals surface area (Å²) in [5.74, 6) is 0. The first-order chi connectivity index (χ1) is 7.24. The van der Waals surface area contributed by atoms with Crippen LogP contribution in [0, 0.1) is 6.92 Å². The Morgan fingerprint density at radius 3 is 2.47 bits per heavy atom. The average Bonchev–Trinajstić information content (AvgIpc) is 2.24. The Morgan fingerprint density at radius 2 is 1.80 bits per heavy atom. The molecule has 2 N–H and O–H groups in total. The standard InChI is InChI=1S/C14H17N/c1-3-6-11-10(2)9-14(15)13-8-5-4-7-12(11)13/h4-5,7-9H,3,6,15H2,1-2H3. The molecule has 0 fully saturated rings. The SMILES string of the molecule is CCCc1c(C)cc(N)c2ccccc12. The van der Waals surface area contributed by atoms with E-state index in [0.717, 1.165) is 12.1 Å². The molecule has 0 saturated heterocycles. The molecule has 2 aromatic carbocycles. The highest BCUT2D eigenvalue weighted by molar-refractivity contribution is 5.96. The lowest BCUT2D eigenvalue weighted by Gasteiger charge is -2.11. The quantitative estimate of drug-likeness (QED) is 0.733. The first-order valence-corrected chi connectivity index (χ1v) is 5.50. The lowest BCUT2D eigenvalue weighted by molar-refractivity contribution is 0.921. The minimum Gasteiger partial charge on any atom is -0.398 e. The maximum Gasteiger partial charge on any atom is 0.0396 e. The van der Waals surface area contributed by atoms with E-state index in [1.54, 1.807) is 0 Å². The van der Waals surface area contributed by atoms with Gasteiger partial charge in [-0.2, -0.15) is 0 Å². The van der Waals surface area contributed by atoms with Crippen LogP contribution in [0.15, 0.2) is 30.3 Å². The highest BCUT2D eigenvalue weighted by Crippen LogP contribution is 2.28. The van der Waals surface area contributed by atoms with E-state index >= 15 is 0 Å². The summed E-state index contributed by atoms with van der Waals surface area (Å²) in [5, 5.41) is 2.50. The largest absolute Gasteiger partial charge is 0.398 e. The number of aryl methyl sites for hydroxylation is 2. The van der Waals surface area contributed by atoms with E-state index in [4.69, 9.17) is 5.73 Å². The van der Waals surface area contributed by atoms with Gasteiger partial charge in [0.15, 0.2) is 0 Å². The van der Waals surface area contributed by atoms with Gasteiger partial charge in [-0.15, -0.1) is 0 Å². The Hall–Kier alpha value is -1.50. The molecule has 0 atom stereocenters. The van der Waals surface area contributed by atoms with Crippen molar-refractivity contribution in [2.45, 2.75) is 26.7 Å². The molecule has 0 aliphatic heterocycles. The second-order valence-corrected chi connectivity index (χ2v) is 4.06. The summed E-state index contributed by atoms with van der Waals surface area (Å²) in [6.07, 6.45) is 2.31. The number of nitrogens with two attached hydrogens (primary N) is 1. The van der Waals surface area contributed by atoms with Crippen LogP contribution in [-0.2, 0) is 6.42 Å². The zero-order chi connectivity index (χ0) is 10.8. The van der Waals surface area contributed by atoms with Crippen LogP contribution in [0.5, 0.6) is 0 Å². The van der Waals surface area contributed by atoms with Crippen LogP contribution < -0.4 is 5.73 Å². The average molecular weight is 199 g/mol. The van der Waals surface area contributed by atoms with E-state index < -0.39 is 0 Å². The lowest BCUT2D eigenvalue weighted by Crippen LogP contribution is -1.95. The van der Waals surface area contributed by atoms with Crippen molar-refractivity contribution in [3.05, 3.63) is 41.5 Å². The molecule has 0 amide bonds. The van der Waals surface area contributed by atoms with Gasteiger partial charge in [-0.05, 0) is 35.9 Å². The summed E-state index contributed by atoms with van der Waals surface area (Å²) in [4.78, 5) is 0. The van der Waals surface area contributed by atoms with Crippen molar-refractivity contribution in [3.8, 4) is 0 Å². The highest BCUT2D eigenvalue weighted by Gasteiger charge is 2.06. The zero-order valence-corrected chi connectivity index (χ0v) is 9.38. The molecule has 0 aliphatic carbocycles. The van der Waals surface area contributed by atoms with Crippen molar-refractivity contribution in [2.24, 2.45) is 0 Å². The fraction of sp³-hybridized carbons (Fsp3) is 0.286. The Balaban J connectivity index is 2.77. The maximum atomic E-state index is 6.02. The number of hydrogen-bond donors (Lipinski definition) is 1. The highest BCUT2D eigenvalue weighted by atomic mass is 14.6. The number of anilines is 1. The van der Waals surface area contributed by atoms with E-state index in [1.165, 1.54) is 28.3 Å². The normalized spacial score (nSPS) is 10.8. The summed E-state index contributed by atoms with van der Waals surface area (Å²) in [5.41, 5.74) is 9.67. The van der Waals surface area contributed by atoms with Gasteiger partial charge in [0.25, 0.3) is 0 Å². The molecule has 0 unspecified atom stereocenters.